The van der Waals surface area contributed by atoms with E-state index in [1.165, 1.54) is 11.1 Å². The second-order valence-corrected chi connectivity index (χ2v) is 7.82. The molecule has 1 heterocycles. The smallest absolute Gasteiger partial charge is 0.279 e. The predicted octanol–water partition coefficient (Wildman–Crippen LogP) is 5.84. The van der Waals surface area contributed by atoms with E-state index in [4.69, 9.17) is 0 Å². The Balaban J connectivity index is 1.69. The van der Waals surface area contributed by atoms with Gasteiger partial charge in [0.25, 0.3) is 5.91 Å². The lowest BCUT2D eigenvalue weighted by atomic mass is 9.90. The van der Waals surface area contributed by atoms with Crippen LogP contribution in [0, 0.1) is 5.92 Å². The summed E-state index contributed by atoms with van der Waals surface area (Å²) in [6, 6.07) is 16.7. The summed E-state index contributed by atoms with van der Waals surface area (Å²) in [4.78, 5) is 15.3. The zero-order valence-corrected chi connectivity index (χ0v) is 17.0. The monoisotopic (exact) mass is 372 g/mol. The minimum atomic E-state index is 0.0409. The highest BCUT2D eigenvalue weighted by Gasteiger charge is 2.38. The lowest BCUT2D eigenvalue weighted by molar-refractivity contribution is -0.114. The first-order valence-corrected chi connectivity index (χ1v) is 10.3. The Morgan fingerprint density at radius 3 is 2.18 bits per heavy atom. The van der Waals surface area contributed by atoms with Crippen molar-refractivity contribution in [2.45, 2.75) is 46.5 Å². The van der Waals surface area contributed by atoms with Crippen LogP contribution in [0.15, 0.2) is 71.6 Å². The average molecular weight is 373 g/mol. The molecule has 0 saturated heterocycles. The van der Waals surface area contributed by atoms with E-state index in [1.807, 2.05) is 4.90 Å². The van der Waals surface area contributed by atoms with Gasteiger partial charge in [0.05, 0.1) is 5.70 Å². The summed E-state index contributed by atoms with van der Waals surface area (Å²) in [7, 11) is 0. The molecule has 1 aliphatic heterocycles. The van der Waals surface area contributed by atoms with Gasteiger partial charge in [-0.1, -0.05) is 51.1 Å². The van der Waals surface area contributed by atoms with Crippen molar-refractivity contribution in [2.24, 2.45) is 5.92 Å². The largest absolute Gasteiger partial charge is 0.351 e. The Hall–Kier alpha value is -2.81. The van der Waals surface area contributed by atoms with E-state index in [2.05, 4.69) is 80.7 Å². The van der Waals surface area contributed by atoms with Gasteiger partial charge in [0.15, 0.2) is 0 Å². The van der Waals surface area contributed by atoms with Crippen LogP contribution < -0.4 is 10.2 Å². The normalized spacial score (nSPS) is 19.0. The van der Waals surface area contributed by atoms with E-state index < -0.39 is 0 Å². The predicted molar refractivity (Wildman–Crippen MR) is 116 cm³/mol. The van der Waals surface area contributed by atoms with Gasteiger partial charge in [-0.2, -0.15) is 0 Å². The molecule has 2 aromatic rings. The van der Waals surface area contributed by atoms with Crippen molar-refractivity contribution >= 4 is 17.3 Å². The fourth-order valence-electron chi connectivity index (χ4n) is 4.01. The maximum atomic E-state index is 13.4. The van der Waals surface area contributed by atoms with Gasteiger partial charge in [0, 0.05) is 16.9 Å². The molecule has 28 heavy (non-hydrogen) atoms. The fourth-order valence-corrected chi connectivity index (χ4v) is 4.01. The third kappa shape index (κ3) is 3.37. The molecule has 3 nitrogen and oxygen atoms in total. The van der Waals surface area contributed by atoms with E-state index >= 15 is 0 Å². The molecule has 144 valence electrons. The van der Waals surface area contributed by atoms with E-state index in [0.717, 1.165) is 54.0 Å². The van der Waals surface area contributed by atoms with Gasteiger partial charge in [-0.3, -0.25) is 9.69 Å². The van der Waals surface area contributed by atoms with Crippen LogP contribution in [0.2, 0.25) is 0 Å². The summed E-state index contributed by atoms with van der Waals surface area (Å²) >= 11 is 0. The lowest BCUT2D eigenvalue weighted by Gasteiger charge is -2.24. The summed E-state index contributed by atoms with van der Waals surface area (Å²) in [5.74, 6) is 0.590. The van der Waals surface area contributed by atoms with Gasteiger partial charge in [-0.05, 0) is 67.0 Å². The van der Waals surface area contributed by atoms with Crippen molar-refractivity contribution in [1.29, 1.82) is 0 Å². The Morgan fingerprint density at radius 2 is 1.57 bits per heavy atom. The van der Waals surface area contributed by atoms with E-state index in [-0.39, 0.29) is 5.91 Å². The summed E-state index contributed by atoms with van der Waals surface area (Å²) in [5.41, 5.74) is 7.41. The highest BCUT2D eigenvalue weighted by atomic mass is 16.2. The molecule has 0 unspecified atom stereocenters. The minimum Gasteiger partial charge on any atom is -0.351 e. The molecule has 1 amide bonds. The maximum absolute atomic E-state index is 13.4. The van der Waals surface area contributed by atoms with Gasteiger partial charge >= 0.3 is 0 Å². The molecular weight excluding hydrogens is 344 g/mol. The molecule has 1 atom stereocenters. The molecule has 3 heteroatoms. The average Bonchev–Trinajstić information content (AvgIpc) is 2.99. The number of amides is 1. The van der Waals surface area contributed by atoms with Crippen molar-refractivity contribution in [3.8, 4) is 0 Å². The number of aryl methyl sites for hydroxylation is 2. The van der Waals surface area contributed by atoms with Crippen LogP contribution >= 0.6 is 0 Å². The minimum absolute atomic E-state index is 0.0409. The number of hydrogen-bond acceptors (Lipinski definition) is 2. The van der Waals surface area contributed by atoms with Crippen molar-refractivity contribution in [2.75, 3.05) is 10.2 Å². The molecule has 0 bridgehead atoms. The van der Waals surface area contributed by atoms with E-state index in [9.17, 15) is 4.79 Å². The van der Waals surface area contributed by atoms with Crippen molar-refractivity contribution < 1.29 is 4.79 Å². The highest BCUT2D eigenvalue weighted by molar-refractivity contribution is 6.15. The molecule has 2 aliphatic rings. The molecule has 2 aromatic carbocycles. The second kappa shape index (κ2) is 7.67. The zero-order chi connectivity index (χ0) is 19.7. The van der Waals surface area contributed by atoms with Gasteiger partial charge < -0.3 is 5.32 Å². The third-order valence-electron chi connectivity index (χ3n) is 5.77. The van der Waals surface area contributed by atoms with Crippen LogP contribution in [-0.4, -0.2) is 5.91 Å². The summed E-state index contributed by atoms with van der Waals surface area (Å²) in [6.45, 7) is 6.54. The molecular formula is C25H28N2O. The number of fused-ring (bicyclic) bond motifs is 1. The van der Waals surface area contributed by atoms with Crippen molar-refractivity contribution in [1.82, 2.24) is 0 Å². The first-order valence-electron chi connectivity index (χ1n) is 10.3. The van der Waals surface area contributed by atoms with Crippen LogP contribution in [0.4, 0.5) is 11.4 Å². The fraction of sp³-hybridized carbons (Fsp3) is 0.320. The first kappa shape index (κ1) is 18.5. The van der Waals surface area contributed by atoms with Gasteiger partial charge in [-0.25, -0.2) is 0 Å². The Kier molecular flexibility index (Phi) is 5.08. The standard InChI is InChI=1S/C25H28N2O/c1-4-18-7-11-20(12-8-18)26-24-22-16-17(3)6-15-23(22)27(25(24)28)21-13-9-19(5-2)10-14-21/h7-15,17,26H,4-6,16H2,1-3H3/t17-/m0/s1. The number of carbonyl (C=O) groups is 1. The number of nitrogens with zero attached hydrogens (tertiary/aromatic N) is 1. The van der Waals surface area contributed by atoms with Crippen LogP contribution in [0.25, 0.3) is 0 Å². The molecule has 0 saturated carbocycles. The summed E-state index contributed by atoms with van der Waals surface area (Å²) < 4.78 is 0. The second-order valence-electron chi connectivity index (χ2n) is 7.82. The van der Waals surface area contributed by atoms with E-state index in [0.29, 0.717) is 5.92 Å². The number of rotatable bonds is 5. The molecule has 1 aliphatic carbocycles. The quantitative estimate of drug-likeness (QED) is 0.715. The molecule has 4 rings (SSSR count). The zero-order valence-electron chi connectivity index (χ0n) is 17.0. The summed E-state index contributed by atoms with van der Waals surface area (Å²) in [6.07, 6.45) is 6.17. The van der Waals surface area contributed by atoms with Crippen LogP contribution in [0.1, 0.15) is 44.7 Å². The maximum Gasteiger partial charge on any atom is 0.279 e. The molecule has 0 radical (unpaired) electrons. The highest BCUT2D eigenvalue weighted by Crippen LogP contribution is 2.41. The molecule has 1 N–H and O–H groups in total. The van der Waals surface area contributed by atoms with Crippen LogP contribution in [0.3, 0.4) is 0 Å². The van der Waals surface area contributed by atoms with Crippen molar-refractivity contribution in [3.05, 3.63) is 82.7 Å². The van der Waals surface area contributed by atoms with E-state index in [1.54, 1.807) is 0 Å². The SMILES string of the molecule is CCc1ccc(NC2=C3C[C@@H](C)CC=C3N(c3ccc(CC)cc3)C2=O)cc1. The number of hydrogen-bond donors (Lipinski definition) is 1. The topological polar surface area (TPSA) is 32.3 Å². The Bertz CT molecular complexity index is 936. The third-order valence-corrected chi connectivity index (χ3v) is 5.77. The molecule has 0 fully saturated rings. The van der Waals surface area contributed by atoms with Crippen LogP contribution in [0.5, 0.6) is 0 Å². The van der Waals surface area contributed by atoms with Gasteiger partial charge in [0.2, 0.25) is 0 Å². The van der Waals surface area contributed by atoms with Crippen LogP contribution in [-0.2, 0) is 17.6 Å². The number of allylic oxidation sites excluding steroid dienone is 2. The number of anilines is 2. The number of benzene rings is 2. The number of carbonyl (C=O) groups excluding carboxylic acids is 1. The van der Waals surface area contributed by atoms with Gasteiger partial charge in [-0.15, -0.1) is 0 Å². The first-order chi connectivity index (χ1) is 13.6. The Labute approximate surface area is 167 Å². The number of nitrogens with one attached hydrogen (secondary N) is 1. The summed E-state index contributed by atoms with van der Waals surface area (Å²) in [5, 5.41) is 3.43. The Morgan fingerprint density at radius 1 is 0.964 bits per heavy atom. The molecule has 0 aromatic heterocycles. The lowest BCUT2D eigenvalue weighted by Crippen LogP contribution is -2.27. The molecule has 0 spiro atoms. The van der Waals surface area contributed by atoms with Gasteiger partial charge in [0.1, 0.15) is 5.70 Å². The van der Waals surface area contributed by atoms with Crippen molar-refractivity contribution in [3.63, 3.8) is 0 Å².